The highest BCUT2D eigenvalue weighted by Gasteiger charge is 2.54. The Kier molecular flexibility index (Phi) is 9.10. The van der Waals surface area contributed by atoms with Crippen LogP contribution in [0.1, 0.15) is 47.6 Å². The van der Waals surface area contributed by atoms with Crippen LogP contribution in [-0.2, 0) is 22.5 Å². The lowest BCUT2D eigenvalue weighted by Gasteiger charge is -2.31. The molecule has 4 aromatic carbocycles. The first-order chi connectivity index (χ1) is 22.1. The smallest absolute Gasteiger partial charge is 0.252 e. The van der Waals surface area contributed by atoms with Gasteiger partial charge in [-0.3, -0.25) is 4.79 Å². The standard InChI is InChI=1S/C36H35N5O4/c37-41-38-24-30-10-5-4-9-29(30)23-36(35(43)39-31-17-18-31)33(27-13-11-26(12-14-27)25-7-2-1-3-8-25)45-34(40-36)28-15-19-32(20-16-28)44-22-6-21-42/h1-5,7-16,19-20,31,33,42H,6,17-18,21-24H2,(H,39,43)/t33-,36-/m1/s1. The molecule has 0 spiro atoms. The lowest BCUT2D eigenvalue weighted by Crippen LogP contribution is -2.50. The molecule has 9 nitrogen and oxygen atoms in total. The monoisotopic (exact) mass is 601 g/mol. The molecule has 2 atom stereocenters. The summed E-state index contributed by atoms with van der Waals surface area (Å²) in [6.45, 7) is 0.639. The van der Waals surface area contributed by atoms with Gasteiger partial charge in [-0.25, -0.2) is 4.99 Å². The first kappa shape index (κ1) is 29.9. The third-order valence-electron chi connectivity index (χ3n) is 8.15. The molecule has 1 aliphatic carbocycles. The van der Waals surface area contributed by atoms with Crippen molar-refractivity contribution in [2.45, 2.75) is 49.9 Å². The van der Waals surface area contributed by atoms with Crippen LogP contribution in [0.5, 0.6) is 5.75 Å². The van der Waals surface area contributed by atoms with Crippen LogP contribution in [0, 0.1) is 0 Å². The first-order valence-corrected chi connectivity index (χ1v) is 15.2. The van der Waals surface area contributed by atoms with Gasteiger partial charge in [-0.15, -0.1) is 0 Å². The SMILES string of the molecule is [N-]=[N+]=NCc1ccccc1C[C@@]1(C(=O)NC2CC2)N=C(c2ccc(OCCCO)cc2)O[C@@H]1c1ccc(-c2ccccc2)cc1. The van der Waals surface area contributed by atoms with Gasteiger partial charge in [0.1, 0.15) is 5.75 Å². The largest absolute Gasteiger partial charge is 0.494 e. The normalized spacial score (nSPS) is 18.8. The summed E-state index contributed by atoms with van der Waals surface area (Å²) < 4.78 is 12.4. The summed E-state index contributed by atoms with van der Waals surface area (Å²) in [5, 5.41) is 16.1. The van der Waals surface area contributed by atoms with Crippen LogP contribution in [0.3, 0.4) is 0 Å². The number of carbonyl (C=O) groups is 1. The highest BCUT2D eigenvalue weighted by molar-refractivity contribution is 6.01. The second-order valence-corrected chi connectivity index (χ2v) is 11.4. The summed E-state index contributed by atoms with van der Waals surface area (Å²) in [6.07, 6.45) is 1.94. The van der Waals surface area contributed by atoms with Gasteiger partial charge in [-0.2, -0.15) is 0 Å². The quantitative estimate of drug-likeness (QED) is 0.0764. The van der Waals surface area contributed by atoms with Crippen molar-refractivity contribution in [3.05, 3.63) is 136 Å². The Labute approximate surface area is 262 Å². The molecule has 0 saturated heterocycles. The van der Waals surface area contributed by atoms with Gasteiger partial charge in [-0.05, 0) is 70.5 Å². The zero-order valence-corrected chi connectivity index (χ0v) is 24.9. The van der Waals surface area contributed by atoms with Gasteiger partial charge >= 0.3 is 0 Å². The molecular weight excluding hydrogens is 566 g/mol. The van der Waals surface area contributed by atoms with E-state index < -0.39 is 11.6 Å². The van der Waals surface area contributed by atoms with Crippen LogP contribution < -0.4 is 10.1 Å². The molecule has 0 aromatic heterocycles. The number of aliphatic hydroxyl groups excluding tert-OH is 1. The molecule has 45 heavy (non-hydrogen) atoms. The number of rotatable bonds is 13. The number of aliphatic hydroxyl groups is 1. The van der Waals surface area contributed by atoms with Crippen LogP contribution in [0.25, 0.3) is 21.6 Å². The second-order valence-electron chi connectivity index (χ2n) is 11.4. The van der Waals surface area contributed by atoms with Crippen molar-refractivity contribution in [3.8, 4) is 16.9 Å². The summed E-state index contributed by atoms with van der Waals surface area (Å²) in [5.74, 6) is 0.843. The average molecular weight is 602 g/mol. The maximum atomic E-state index is 14.4. The van der Waals surface area contributed by atoms with Crippen molar-refractivity contribution in [3.63, 3.8) is 0 Å². The Balaban J connectivity index is 1.42. The van der Waals surface area contributed by atoms with E-state index >= 15 is 0 Å². The molecule has 1 heterocycles. The van der Waals surface area contributed by atoms with Gasteiger partial charge in [0.25, 0.3) is 5.91 Å². The molecule has 0 unspecified atom stereocenters. The fourth-order valence-corrected chi connectivity index (χ4v) is 5.58. The van der Waals surface area contributed by atoms with Crippen LogP contribution in [0.15, 0.2) is 113 Å². The van der Waals surface area contributed by atoms with Gasteiger partial charge < -0.3 is 19.9 Å². The number of hydrogen-bond acceptors (Lipinski definition) is 6. The Morgan fingerprint density at radius 3 is 2.29 bits per heavy atom. The van der Waals surface area contributed by atoms with Crippen LogP contribution in [0.2, 0.25) is 0 Å². The number of benzene rings is 4. The second kappa shape index (κ2) is 13.7. The van der Waals surface area contributed by atoms with Gasteiger partial charge in [0.2, 0.25) is 5.90 Å². The van der Waals surface area contributed by atoms with Crippen molar-refractivity contribution in [1.82, 2.24) is 5.32 Å². The maximum Gasteiger partial charge on any atom is 0.252 e. The van der Waals surface area contributed by atoms with E-state index in [1.807, 2.05) is 91.0 Å². The Morgan fingerprint density at radius 2 is 1.60 bits per heavy atom. The maximum absolute atomic E-state index is 14.4. The molecule has 1 fully saturated rings. The van der Waals surface area contributed by atoms with E-state index in [2.05, 4.69) is 27.5 Å². The zero-order chi connectivity index (χ0) is 31.1. The number of ether oxygens (including phenoxy) is 2. The van der Waals surface area contributed by atoms with E-state index in [0.29, 0.717) is 24.7 Å². The van der Waals surface area contributed by atoms with Crippen molar-refractivity contribution in [2.24, 2.45) is 10.1 Å². The molecule has 0 bridgehead atoms. The summed E-state index contributed by atoms with van der Waals surface area (Å²) in [4.78, 5) is 22.5. The highest BCUT2D eigenvalue weighted by Crippen LogP contribution is 2.44. The summed E-state index contributed by atoms with van der Waals surface area (Å²) in [5.41, 5.74) is 13.1. The Bertz CT molecular complexity index is 1700. The van der Waals surface area contributed by atoms with Crippen LogP contribution in [-0.4, -0.2) is 41.7 Å². The van der Waals surface area contributed by atoms with Crippen molar-refractivity contribution < 1.29 is 19.4 Å². The summed E-state index contributed by atoms with van der Waals surface area (Å²) in [7, 11) is 0. The van der Waals surface area contributed by atoms with E-state index in [0.717, 1.165) is 46.2 Å². The van der Waals surface area contributed by atoms with Crippen LogP contribution >= 0.6 is 0 Å². The molecule has 0 radical (unpaired) electrons. The number of carbonyl (C=O) groups excluding carboxylic acids is 1. The number of nitrogens with zero attached hydrogens (tertiary/aromatic N) is 4. The topological polar surface area (TPSA) is 129 Å². The number of azide groups is 1. The van der Waals surface area contributed by atoms with Gasteiger partial charge in [0, 0.05) is 36.0 Å². The first-order valence-electron chi connectivity index (χ1n) is 15.2. The van der Waals surface area contributed by atoms with Crippen molar-refractivity contribution in [2.75, 3.05) is 13.2 Å². The van der Waals surface area contributed by atoms with Crippen molar-refractivity contribution >= 4 is 11.8 Å². The van der Waals surface area contributed by atoms with Crippen LogP contribution in [0.4, 0.5) is 0 Å². The minimum Gasteiger partial charge on any atom is -0.494 e. The number of aliphatic imine (C=N–C) groups is 1. The minimum absolute atomic E-state index is 0.0629. The van der Waals surface area contributed by atoms with E-state index in [1.165, 1.54) is 0 Å². The lowest BCUT2D eigenvalue weighted by molar-refractivity contribution is -0.129. The molecule has 2 N–H and O–H groups in total. The lowest BCUT2D eigenvalue weighted by atomic mass is 9.80. The third kappa shape index (κ3) is 6.85. The molecule has 228 valence electrons. The van der Waals surface area contributed by atoms with E-state index in [-0.39, 0.29) is 31.5 Å². The third-order valence-corrected chi connectivity index (χ3v) is 8.15. The fraction of sp³-hybridized carbons (Fsp3) is 0.278. The number of hydrogen-bond donors (Lipinski definition) is 2. The number of amides is 1. The predicted molar refractivity (Wildman–Crippen MR) is 173 cm³/mol. The van der Waals surface area contributed by atoms with E-state index in [1.54, 1.807) is 0 Å². The predicted octanol–water partition coefficient (Wildman–Crippen LogP) is 6.70. The molecule has 2 aliphatic rings. The van der Waals surface area contributed by atoms with Gasteiger partial charge in [0.15, 0.2) is 11.6 Å². The van der Waals surface area contributed by atoms with Gasteiger partial charge in [-0.1, -0.05) is 84.0 Å². The molecule has 1 amide bonds. The molecule has 1 aliphatic heterocycles. The summed E-state index contributed by atoms with van der Waals surface area (Å²) >= 11 is 0. The van der Waals surface area contributed by atoms with E-state index in [9.17, 15) is 4.79 Å². The molecule has 9 heteroatoms. The highest BCUT2D eigenvalue weighted by atomic mass is 16.5. The minimum atomic E-state index is -1.32. The van der Waals surface area contributed by atoms with Crippen molar-refractivity contribution in [1.29, 1.82) is 0 Å². The average Bonchev–Trinajstić information content (AvgIpc) is 3.82. The fourth-order valence-electron chi connectivity index (χ4n) is 5.58. The molecule has 1 saturated carbocycles. The Hall–Kier alpha value is -5.11. The molecular formula is C36H35N5O4. The molecule has 4 aromatic rings. The Morgan fingerprint density at radius 1 is 0.933 bits per heavy atom. The number of nitrogens with one attached hydrogen (secondary N) is 1. The zero-order valence-electron chi connectivity index (χ0n) is 24.9. The van der Waals surface area contributed by atoms with E-state index in [4.69, 9.17) is 25.1 Å². The van der Waals surface area contributed by atoms with Gasteiger partial charge in [0.05, 0.1) is 13.2 Å². The summed E-state index contributed by atoms with van der Waals surface area (Å²) in [6, 6.07) is 33.4. The molecule has 6 rings (SSSR count).